The van der Waals surface area contributed by atoms with Gasteiger partial charge in [0, 0.05) is 43.1 Å². The van der Waals surface area contributed by atoms with Gasteiger partial charge in [0.05, 0.1) is 7.11 Å². The number of benzene rings is 3. The number of hydrogen-bond donors (Lipinski definition) is 1. The van der Waals surface area contributed by atoms with Crippen molar-refractivity contribution in [3.8, 4) is 11.5 Å². The molecular formula is C30H35N3O4. The molecule has 1 saturated heterocycles. The number of ether oxygens (including phenoxy) is 2. The lowest BCUT2D eigenvalue weighted by molar-refractivity contribution is -0.118. The Hall–Kier alpha value is -4.00. The van der Waals surface area contributed by atoms with Crippen LogP contribution < -0.4 is 19.7 Å². The average molecular weight is 502 g/mol. The van der Waals surface area contributed by atoms with E-state index in [0.717, 1.165) is 24.5 Å². The van der Waals surface area contributed by atoms with Gasteiger partial charge >= 0.3 is 0 Å². The molecule has 7 heteroatoms. The molecule has 194 valence electrons. The number of hydrogen-bond acceptors (Lipinski definition) is 5. The quantitative estimate of drug-likeness (QED) is 0.495. The fourth-order valence-electron chi connectivity index (χ4n) is 4.24. The van der Waals surface area contributed by atoms with Crippen molar-refractivity contribution >= 4 is 23.2 Å². The predicted octanol–water partition coefficient (Wildman–Crippen LogP) is 4.97. The zero-order valence-corrected chi connectivity index (χ0v) is 22.0. The number of piperazine rings is 1. The largest absolute Gasteiger partial charge is 0.497 e. The first-order chi connectivity index (χ1) is 17.7. The minimum atomic E-state index is -0.210. The van der Waals surface area contributed by atoms with Gasteiger partial charge in [-0.05, 0) is 71.6 Å². The summed E-state index contributed by atoms with van der Waals surface area (Å²) in [4.78, 5) is 29.3. The van der Waals surface area contributed by atoms with Crippen molar-refractivity contribution < 1.29 is 19.1 Å². The Labute approximate surface area is 219 Å². The lowest BCUT2D eigenvalue weighted by Gasteiger charge is -2.36. The molecule has 0 aromatic heterocycles. The van der Waals surface area contributed by atoms with E-state index in [1.807, 2.05) is 53.4 Å². The first kappa shape index (κ1) is 26.1. The van der Waals surface area contributed by atoms with Crippen molar-refractivity contribution in [2.45, 2.75) is 26.2 Å². The molecule has 0 bridgehead atoms. The molecule has 0 saturated carbocycles. The van der Waals surface area contributed by atoms with Crippen LogP contribution in [0.25, 0.3) is 0 Å². The average Bonchev–Trinajstić information content (AvgIpc) is 2.92. The number of nitrogens with one attached hydrogen (secondary N) is 1. The van der Waals surface area contributed by atoms with Crippen molar-refractivity contribution in [3.05, 3.63) is 83.9 Å². The van der Waals surface area contributed by atoms with Gasteiger partial charge in [-0.15, -0.1) is 0 Å². The summed E-state index contributed by atoms with van der Waals surface area (Å²) in [6, 6.07) is 22.8. The van der Waals surface area contributed by atoms with Crippen molar-refractivity contribution in [2.75, 3.05) is 50.1 Å². The van der Waals surface area contributed by atoms with Gasteiger partial charge in [-0.3, -0.25) is 9.59 Å². The first-order valence-corrected chi connectivity index (χ1v) is 12.5. The zero-order valence-electron chi connectivity index (χ0n) is 22.0. The van der Waals surface area contributed by atoms with Gasteiger partial charge in [0.2, 0.25) is 0 Å². The summed E-state index contributed by atoms with van der Waals surface area (Å²) in [7, 11) is 1.61. The highest BCUT2D eigenvalue weighted by Gasteiger charge is 2.22. The summed E-state index contributed by atoms with van der Waals surface area (Å²) in [5.74, 6) is 1.23. The van der Waals surface area contributed by atoms with Gasteiger partial charge < -0.3 is 24.6 Å². The molecule has 0 aliphatic carbocycles. The summed E-state index contributed by atoms with van der Waals surface area (Å²) < 4.78 is 10.8. The summed E-state index contributed by atoms with van der Waals surface area (Å²) in [6.45, 7) is 9.21. The van der Waals surface area contributed by atoms with Crippen LogP contribution in [0.15, 0.2) is 72.8 Å². The lowest BCUT2D eigenvalue weighted by Crippen LogP contribution is -2.48. The topological polar surface area (TPSA) is 71.1 Å². The second-order valence-electron chi connectivity index (χ2n) is 10.2. The van der Waals surface area contributed by atoms with Crippen molar-refractivity contribution in [2.24, 2.45) is 0 Å². The van der Waals surface area contributed by atoms with E-state index in [1.54, 1.807) is 31.4 Å². The Kier molecular flexibility index (Phi) is 8.01. The standard InChI is InChI=1S/C30H35N3O4/c1-30(2,3)23-7-15-27(16-8-23)37-21-28(34)31-24-9-11-25(12-10-24)32-17-19-33(20-18-32)29(35)22-5-13-26(36-4)14-6-22/h5-16H,17-21H2,1-4H3,(H,31,34). The molecule has 0 radical (unpaired) electrons. The molecule has 1 fully saturated rings. The van der Waals surface area contributed by atoms with Crippen LogP contribution in [0.2, 0.25) is 0 Å². The monoisotopic (exact) mass is 501 g/mol. The molecule has 37 heavy (non-hydrogen) atoms. The molecule has 4 rings (SSSR count). The van der Waals surface area contributed by atoms with E-state index in [1.165, 1.54) is 5.56 Å². The molecule has 0 unspecified atom stereocenters. The predicted molar refractivity (Wildman–Crippen MR) is 147 cm³/mol. The van der Waals surface area contributed by atoms with Crippen molar-refractivity contribution in [1.29, 1.82) is 0 Å². The number of carbonyl (C=O) groups is 2. The third kappa shape index (κ3) is 6.82. The van der Waals surface area contributed by atoms with Gasteiger partial charge in [-0.2, -0.15) is 0 Å². The molecule has 0 atom stereocenters. The molecule has 3 aromatic rings. The second-order valence-corrected chi connectivity index (χ2v) is 10.2. The van der Waals surface area contributed by atoms with E-state index in [2.05, 4.69) is 31.0 Å². The maximum Gasteiger partial charge on any atom is 0.262 e. The van der Waals surface area contributed by atoms with E-state index in [0.29, 0.717) is 30.1 Å². The molecule has 2 amide bonds. The molecule has 1 N–H and O–H groups in total. The highest BCUT2D eigenvalue weighted by Crippen LogP contribution is 2.24. The highest BCUT2D eigenvalue weighted by molar-refractivity contribution is 5.94. The summed E-state index contributed by atoms with van der Waals surface area (Å²) in [5, 5.41) is 2.88. The molecule has 0 spiro atoms. The molecule has 1 aliphatic rings. The number of rotatable bonds is 7. The van der Waals surface area contributed by atoms with Crippen LogP contribution in [-0.2, 0) is 10.2 Å². The lowest BCUT2D eigenvalue weighted by atomic mass is 9.87. The van der Waals surface area contributed by atoms with Gasteiger partial charge in [0.1, 0.15) is 11.5 Å². The molecule has 1 heterocycles. The Morgan fingerprint density at radius 2 is 1.41 bits per heavy atom. The third-order valence-electron chi connectivity index (χ3n) is 6.51. The zero-order chi connectivity index (χ0) is 26.4. The van der Waals surface area contributed by atoms with Crippen molar-refractivity contribution in [3.63, 3.8) is 0 Å². The Morgan fingerprint density at radius 1 is 0.811 bits per heavy atom. The maximum atomic E-state index is 12.8. The van der Waals surface area contributed by atoms with E-state index in [-0.39, 0.29) is 23.8 Å². The summed E-state index contributed by atoms with van der Waals surface area (Å²) in [6.07, 6.45) is 0. The van der Waals surface area contributed by atoms with Gasteiger partial charge in [-0.25, -0.2) is 0 Å². The fraction of sp³-hybridized carbons (Fsp3) is 0.333. The number of anilines is 2. The van der Waals surface area contributed by atoms with Crippen LogP contribution in [0.5, 0.6) is 11.5 Å². The summed E-state index contributed by atoms with van der Waals surface area (Å²) >= 11 is 0. The van der Waals surface area contributed by atoms with Crippen LogP contribution in [0.4, 0.5) is 11.4 Å². The van der Waals surface area contributed by atoms with E-state index >= 15 is 0 Å². The smallest absolute Gasteiger partial charge is 0.262 e. The molecule has 1 aliphatic heterocycles. The highest BCUT2D eigenvalue weighted by atomic mass is 16.5. The maximum absolute atomic E-state index is 12.8. The number of amides is 2. The number of methoxy groups -OCH3 is 1. The molecule has 7 nitrogen and oxygen atoms in total. The van der Waals surface area contributed by atoms with E-state index in [9.17, 15) is 9.59 Å². The number of carbonyl (C=O) groups excluding carboxylic acids is 2. The Bertz CT molecular complexity index is 1190. The van der Waals surface area contributed by atoms with Gasteiger partial charge in [0.15, 0.2) is 6.61 Å². The van der Waals surface area contributed by atoms with E-state index < -0.39 is 0 Å². The van der Waals surface area contributed by atoms with E-state index in [4.69, 9.17) is 9.47 Å². The minimum Gasteiger partial charge on any atom is -0.497 e. The Morgan fingerprint density at radius 3 is 1.97 bits per heavy atom. The van der Waals surface area contributed by atoms with Gasteiger partial charge in [0.25, 0.3) is 11.8 Å². The van der Waals surface area contributed by atoms with Crippen LogP contribution in [0, 0.1) is 0 Å². The van der Waals surface area contributed by atoms with Gasteiger partial charge in [-0.1, -0.05) is 32.9 Å². The minimum absolute atomic E-state index is 0.0349. The first-order valence-electron chi connectivity index (χ1n) is 12.5. The SMILES string of the molecule is COc1ccc(C(=O)N2CCN(c3ccc(NC(=O)COc4ccc(C(C)(C)C)cc4)cc3)CC2)cc1. The van der Waals surface area contributed by atoms with Crippen LogP contribution in [0.1, 0.15) is 36.7 Å². The third-order valence-corrected chi connectivity index (χ3v) is 6.51. The molecule has 3 aromatic carbocycles. The fourth-order valence-corrected chi connectivity index (χ4v) is 4.24. The van der Waals surface area contributed by atoms with Crippen LogP contribution in [0.3, 0.4) is 0 Å². The summed E-state index contributed by atoms with van der Waals surface area (Å²) in [5.41, 5.74) is 3.73. The molecular weight excluding hydrogens is 466 g/mol. The van der Waals surface area contributed by atoms with Crippen LogP contribution >= 0.6 is 0 Å². The van der Waals surface area contributed by atoms with Crippen LogP contribution in [-0.4, -0.2) is 56.6 Å². The number of nitrogens with zero attached hydrogens (tertiary/aromatic N) is 2. The normalized spacial score (nSPS) is 13.7. The second kappa shape index (κ2) is 11.4. The Balaban J connectivity index is 1.23. The van der Waals surface area contributed by atoms with Crippen molar-refractivity contribution in [1.82, 2.24) is 4.90 Å².